The van der Waals surface area contributed by atoms with Crippen LogP contribution >= 0.6 is 35.0 Å². The first-order chi connectivity index (χ1) is 9.54. The fourth-order valence-electron chi connectivity index (χ4n) is 2.71. The first-order valence-electron chi connectivity index (χ1n) is 6.58. The van der Waals surface area contributed by atoms with E-state index in [1.165, 1.54) is 0 Å². The summed E-state index contributed by atoms with van der Waals surface area (Å²) in [6.07, 6.45) is 0.586. The first kappa shape index (κ1) is 14.4. The van der Waals surface area contributed by atoms with Gasteiger partial charge in [0.25, 0.3) is 5.91 Å². The molecule has 20 heavy (non-hydrogen) atoms. The Balaban J connectivity index is 1.66. The maximum absolute atomic E-state index is 12.4. The molecule has 1 aromatic carbocycles. The van der Waals surface area contributed by atoms with Crippen molar-refractivity contribution in [3.8, 4) is 5.75 Å². The van der Waals surface area contributed by atoms with Gasteiger partial charge in [0.05, 0.1) is 5.02 Å². The van der Waals surface area contributed by atoms with E-state index in [2.05, 4.69) is 0 Å². The van der Waals surface area contributed by atoms with Gasteiger partial charge in [-0.05, 0) is 31.5 Å². The molecule has 0 aromatic heterocycles. The molecule has 2 saturated heterocycles. The van der Waals surface area contributed by atoms with Crippen LogP contribution in [0.2, 0.25) is 10.0 Å². The topological polar surface area (TPSA) is 29.5 Å². The Labute approximate surface area is 132 Å². The van der Waals surface area contributed by atoms with E-state index in [1.54, 1.807) is 25.1 Å². The van der Waals surface area contributed by atoms with Crippen molar-refractivity contribution in [2.75, 3.05) is 12.3 Å². The third-order valence-corrected chi connectivity index (χ3v) is 5.65. The van der Waals surface area contributed by atoms with Gasteiger partial charge in [0.1, 0.15) is 5.75 Å². The highest BCUT2D eigenvalue weighted by atomic mass is 35.5. The van der Waals surface area contributed by atoms with Crippen LogP contribution < -0.4 is 4.74 Å². The number of benzene rings is 1. The van der Waals surface area contributed by atoms with Gasteiger partial charge < -0.3 is 9.64 Å². The van der Waals surface area contributed by atoms with Crippen molar-refractivity contribution < 1.29 is 9.53 Å². The van der Waals surface area contributed by atoms with Gasteiger partial charge in [-0.15, -0.1) is 0 Å². The average Bonchev–Trinajstić information content (AvgIpc) is 3.03. The minimum atomic E-state index is -0.530. The molecule has 0 saturated carbocycles. The van der Waals surface area contributed by atoms with Crippen LogP contribution in [-0.2, 0) is 4.79 Å². The zero-order valence-corrected chi connectivity index (χ0v) is 13.3. The predicted octanol–water partition coefficient (Wildman–Crippen LogP) is 3.48. The first-order valence-corrected chi connectivity index (χ1v) is 8.39. The predicted molar refractivity (Wildman–Crippen MR) is 82.9 cm³/mol. The number of likely N-dealkylation sites (tertiary alicyclic amines) is 1. The minimum absolute atomic E-state index is 0.0452. The lowest BCUT2D eigenvalue weighted by Gasteiger charge is -2.29. The van der Waals surface area contributed by atoms with Gasteiger partial charge in [-0.3, -0.25) is 4.79 Å². The maximum atomic E-state index is 12.4. The zero-order valence-electron chi connectivity index (χ0n) is 11.0. The van der Waals surface area contributed by atoms with Crippen molar-refractivity contribution in [3.63, 3.8) is 0 Å². The molecule has 108 valence electrons. The van der Waals surface area contributed by atoms with E-state index in [4.69, 9.17) is 27.9 Å². The van der Waals surface area contributed by atoms with Gasteiger partial charge in [-0.1, -0.05) is 23.2 Å². The number of carbonyl (C=O) groups excluding carboxylic acids is 1. The Morgan fingerprint density at radius 2 is 2.30 bits per heavy atom. The normalized spacial score (nSPS) is 25.9. The number of fused-ring (bicyclic) bond motifs is 2. The van der Waals surface area contributed by atoms with E-state index in [0.717, 1.165) is 18.7 Å². The summed E-state index contributed by atoms with van der Waals surface area (Å²) >= 11 is 13.9. The van der Waals surface area contributed by atoms with Crippen molar-refractivity contribution in [2.45, 2.75) is 30.7 Å². The van der Waals surface area contributed by atoms with Crippen LogP contribution in [0, 0.1) is 0 Å². The number of rotatable bonds is 3. The van der Waals surface area contributed by atoms with E-state index in [0.29, 0.717) is 27.1 Å². The lowest BCUT2D eigenvalue weighted by molar-refractivity contribution is -0.138. The number of ether oxygens (including phenoxy) is 1. The van der Waals surface area contributed by atoms with Crippen LogP contribution in [0.3, 0.4) is 0 Å². The number of hydrogen-bond donors (Lipinski definition) is 0. The number of amides is 1. The molecule has 0 N–H and O–H groups in total. The van der Waals surface area contributed by atoms with Crippen LogP contribution in [0.4, 0.5) is 0 Å². The zero-order chi connectivity index (χ0) is 14.3. The van der Waals surface area contributed by atoms with E-state index in [-0.39, 0.29) is 5.91 Å². The van der Waals surface area contributed by atoms with Crippen molar-refractivity contribution in [3.05, 3.63) is 28.2 Å². The van der Waals surface area contributed by atoms with Crippen LogP contribution in [-0.4, -0.2) is 40.5 Å². The van der Waals surface area contributed by atoms with Gasteiger partial charge in [-0.2, -0.15) is 11.8 Å². The molecule has 2 heterocycles. The molecular formula is C14H15Cl2NO2S. The third kappa shape index (κ3) is 2.74. The molecule has 3 nitrogen and oxygen atoms in total. The molecule has 3 atom stereocenters. The van der Waals surface area contributed by atoms with E-state index in [1.807, 2.05) is 16.7 Å². The number of thioether (sulfide) groups is 1. The van der Waals surface area contributed by atoms with Crippen LogP contribution in [0.1, 0.15) is 13.3 Å². The molecular weight excluding hydrogens is 317 g/mol. The quantitative estimate of drug-likeness (QED) is 0.849. The molecule has 2 bridgehead atoms. The summed E-state index contributed by atoms with van der Waals surface area (Å²) in [6, 6.07) is 5.39. The highest BCUT2D eigenvalue weighted by Crippen LogP contribution is 2.38. The maximum Gasteiger partial charge on any atom is 0.263 e. The Morgan fingerprint density at radius 3 is 2.90 bits per heavy atom. The number of hydrogen-bond acceptors (Lipinski definition) is 3. The second kappa shape index (κ2) is 5.66. The van der Waals surface area contributed by atoms with Gasteiger partial charge >= 0.3 is 0 Å². The Bertz CT molecular complexity index is 540. The summed E-state index contributed by atoms with van der Waals surface area (Å²) < 4.78 is 5.69. The van der Waals surface area contributed by atoms with E-state index >= 15 is 0 Å². The molecule has 1 aromatic rings. The molecule has 0 unspecified atom stereocenters. The molecule has 6 heteroatoms. The third-order valence-electron chi connectivity index (χ3n) is 3.73. The monoisotopic (exact) mass is 331 g/mol. The molecule has 0 aliphatic carbocycles. The molecule has 0 radical (unpaired) electrons. The molecule has 2 aliphatic rings. The van der Waals surface area contributed by atoms with Gasteiger partial charge in [0.15, 0.2) is 6.10 Å². The van der Waals surface area contributed by atoms with Crippen LogP contribution in [0.5, 0.6) is 5.75 Å². The van der Waals surface area contributed by atoms with Crippen molar-refractivity contribution in [1.82, 2.24) is 4.90 Å². The SMILES string of the molecule is C[C@H](Oc1ccc(Cl)cc1Cl)C(=O)N1C[C@H]2C[C@H]1CS2. The number of carbonyl (C=O) groups is 1. The standard InChI is InChI=1S/C14H15Cl2NO2S/c1-8(19-13-3-2-9(15)4-12(13)16)14(18)17-6-11-5-10(17)7-20-11/h2-4,8,10-11H,5-7H2,1H3/t8-,10-,11+/m0/s1. The van der Waals surface area contributed by atoms with Crippen molar-refractivity contribution >= 4 is 40.9 Å². The van der Waals surface area contributed by atoms with Gasteiger partial charge in [0.2, 0.25) is 0 Å². The summed E-state index contributed by atoms with van der Waals surface area (Å²) in [7, 11) is 0. The highest BCUT2D eigenvalue weighted by molar-refractivity contribution is 8.00. The van der Waals surface area contributed by atoms with Crippen LogP contribution in [0.25, 0.3) is 0 Å². The van der Waals surface area contributed by atoms with Gasteiger partial charge in [0, 0.05) is 28.6 Å². The summed E-state index contributed by atoms with van der Waals surface area (Å²) in [5.74, 6) is 1.59. The summed E-state index contributed by atoms with van der Waals surface area (Å²) in [6.45, 7) is 2.61. The smallest absolute Gasteiger partial charge is 0.263 e. The number of halogens is 2. The molecule has 2 aliphatic heterocycles. The Kier molecular flexibility index (Phi) is 4.07. The molecule has 1 amide bonds. The lowest BCUT2D eigenvalue weighted by atomic mass is 10.2. The fourth-order valence-corrected chi connectivity index (χ4v) is 4.60. The molecule has 0 spiro atoms. The Hall–Kier alpha value is -0.580. The minimum Gasteiger partial charge on any atom is -0.479 e. The van der Waals surface area contributed by atoms with E-state index < -0.39 is 6.10 Å². The summed E-state index contributed by atoms with van der Waals surface area (Å²) in [5.41, 5.74) is 0. The van der Waals surface area contributed by atoms with Crippen molar-refractivity contribution in [2.24, 2.45) is 0 Å². The van der Waals surface area contributed by atoms with Crippen LogP contribution in [0.15, 0.2) is 18.2 Å². The summed E-state index contributed by atoms with van der Waals surface area (Å²) in [4.78, 5) is 14.4. The largest absolute Gasteiger partial charge is 0.479 e. The van der Waals surface area contributed by atoms with E-state index in [9.17, 15) is 4.79 Å². The highest BCUT2D eigenvalue weighted by Gasteiger charge is 2.42. The van der Waals surface area contributed by atoms with Gasteiger partial charge in [-0.25, -0.2) is 0 Å². The lowest BCUT2D eigenvalue weighted by Crippen LogP contribution is -2.45. The van der Waals surface area contributed by atoms with Crippen molar-refractivity contribution in [1.29, 1.82) is 0 Å². The molecule has 2 fully saturated rings. The second-order valence-electron chi connectivity index (χ2n) is 5.17. The average molecular weight is 332 g/mol. The number of nitrogens with zero attached hydrogens (tertiary/aromatic N) is 1. The second-order valence-corrected chi connectivity index (χ2v) is 7.35. The summed E-state index contributed by atoms with van der Waals surface area (Å²) in [5, 5.41) is 1.58. The molecule has 3 rings (SSSR count). The fraction of sp³-hybridized carbons (Fsp3) is 0.500. The Morgan fingerprint density at radius 1 is 1.50 bits per heavy atom.